The molecule has 2 unspecified atom stereocenters. The summed E-state index contributed by atoms with van der Waals surface area (Å²) in [6, 6.07) is 0. The van der Waals surface area contributed by atoms with Crippen molar-refractivity contribution in [2.24, 2.45) is 11.8 Å². The van der Waals surface area contributed by atoms with Crippen LogP contribution in [0.1, 0.15) is 54.4 Å². The molecule has 0 bridgehead atoms. The standard InChI is InChI=1S/C13H20BrN3OS/c1-8(2)11-12(19-17-16-11)13(18)15-7-10-5-3-4-9(10)6-14/h8-10H,3-7H2,1-2H3,(H,15,18). The van der Waals surface area contributed by atoms with Gasteiger partial charge < -0.3 is 5.32 Å². The van der Waals surface area contributed by atoms with Gasteiger partial charge in [-0.3, -0.25) is 4.79 Å². The molecule has 0 aromatic carbocycles. The third-order valence-corrected chi connectivity index (χ3v) is 5.38. The van der Waals surface area contributed by atoms with Crippen molar-refractivity contribution < 1.29 is 4.79 Å². The first-order valence-corrected chi connectivity index (χ1v) is 8.69. The van der Waals surface area contributed by atoms with E-state index in [0.29, 0.717) is 16.7 Å². The lowest BCUT2D eigenvalue weighted by atomic mass is 9.98. The quantitative estimate of drug-likeness (QED) is 0.833. The number of halogens is 1. The fourth-order valence-electron chi connectivity index (χ4n) is 2.62. The Bertz CT molecular complexity index is 435. The molecule has 2 atom stereocenters. The molecular formula is C13H20BrN3OS. The van der Waals surface area contributed by atoms with Crippen LogP contribution in [0.15, 0.2) is 0 Å². The number of amides is 1. The lowest BCUT2D eigenvalue weighted by molar-refractivity contribution is 0.0947. The number of hydrogen-bond donors (Lipinski definition) is 1. The molecular weight excluding hydrogens is 326 g/mol. The van der Waals surface area contributed by atoms with Crippen LogP contribution in [-0.2, 0) is 0 Å². The summed E-state index contributed by atoms with van der Waals surface area (Å²) < 4.78 is 3.90. The van der Waals surface area contributed by atoms with Gasteiger partial charge in [-0.05, 0) is 42.1 Å². The van der Waals surface area contributed by atoms with Crippen molar-refractivity contribution in [2.75, 3.05) is 11.9 Å². The van der Waals surface area contributed by atoms with E-state index in [1.54, 1.807) is 0 Å². The topological polar surface area (TPSA) is 54.9 Å². The Morgan fingerprint density at radius 3 is 2.89 bits per heavy atom. The monoisotopic (exact) mass is 345 g/mol. The molecule has 1 heterocycles. The van der Waals surface area contributed by atoms with Gasteiger partial charge >= 0.3 is 0 Å². The molecule has 1 fully saturated rings. The van der Waals surface area contributed by atoms with Crippen LogP contribution in [0, 0.1) is 11.8 Å². The Hall–Kier alpha value is -0.490. The van der Waals surface area contributed by atoms with Crippen LogP contribution in [-0.4, -0.2) is 27.4 Å². The minimum atomic E-state index is -0.0149. The highest BCUT2D eigenvalue weighted by atomic mass is 79.9. The number of carbonyl (C=O) groups is 1. The molecule has 0 saturated heterocycles. The first-order chi connectivity index (χ1) is 9.13. The van der Waals surface area contributed by atoms with Gasteiger partial charge in [-0.2, -0.15) is 0 Å². The van der Waals surface area contributed by atoms with Gasteiger partial charge in [-0.15, -0.1) is 5.10 Å². The second-order valence-electron chi connectivity index (χ2n) is 5.46. The molecule has 0 radical (unpaired) electrons. The lowest BCUT2D eigenvalue weighted by Gasteiger charge is -2.17. The summed E-state index contributed by atoms with van der Waals surface area (Å²) in [5.41, 5.74) is 0.811. The molecule has 106 valence electrons. The van der Waals surface area contributed by atoms with Crippen LogP contribution in [0.5, 0.6) is 0 Å². The first kappa shape index (κ1) is 14.9. The van der Waals surface area contributed by atoms with E-state index in [9.17, 15) is 4.79 Å². The minimum Gasteiger partial charge on any atom is -0.351 e. The van der Waals surface area contributed by atoms with Crippen LogP contribution < -0.4 is 5.32 Å². The van der Waals surface area contributed by atoms with Crippen LogP contribution >= 0.6 is 27.5 Å². The number of hydrogen-bond acceptors (Lipinski definition) is 4. The zero-order chi connectivity index (χ0) is 13.8. The van der Waals surface area contributed by atoms with E-state index >= 15 is 0 Å². The SMILES string of the molecule is CC(C)c1nnsc1C(=O)NCC1CCCC1CBr. The van der Waals surface area contributed by atoms with Gasteiger partial charge in [0.15, 0.2) is 0 Å². The lowest BCUT2D eigenvalue weighted by Crippen LogP contribution is -2.31. The third-order valence-electron chi connectivity index (χ3n) is 3.81. The van der Waals surface area contributed by atoms with Crippen molar-refractivity contribution in [3.63, 3.8) is 0 Å². The predicted octanol–water partition coefficient (Wildman–Crippen LogP) is 3.20. The number of nitrogens with zero attached hydrogens (tertiary/aromatic N) is 2. The van der Waals surface area contributed by atoms with Crippen LogP contribution in [0.3, 0.4) is 0 Å². The largest absolute Gasteiger partial charge is 0.351 e. The number of alkyl halides is 1. The fourth-order valence-corrected chi connectivity index (χ4v) is 4.21. The maximum atomic E-state index is 12.2. The van der Waals surface area contributed by atoms with Crippen LogP contribution in [0.2, 0.25) is 0 Å². The summed E-state index contributed by atoms with van der Waals surface area (Å²) in [5, 5.41) is 8.14. The van der Waals surface area contributed by atoms with Gasteiger partial charge in [0.1, 0.15) is 4.88 Å². The summed E-state index contributed by atoms with van der Waals surface area (Å²) in [6.45, 7) is 4.83. The van der Waals surface area contributed by atoms with E-state index < -0.39 is 0 Å². The van der Waals surface area contributed by atoms with Crippen molar-refractivity contribution in [3.8, 4) is 0 Å². The van der Waals surface area contributed by atoms with Crippen molar-refractivity contribution in [2.45, 2.75) is 39.0 Å². The van der Waals surface area contributed by atoms with Crippen LogP contribution in [0.25, 0.3) is 0 Å². The Morgan fingerprint density at radius 2 is 2.21 bits per heavy atom. The molecule has 1 saturated carbocycles. The minimum absolute atomic E-state index is 0.0149. The average molecular weight is 346 g/mol. The predicted molar refractivity (Wildman–Crippen MR) is 81.0 cm³/mol. The fraction of sp³-hybridized carbons (Fsp3) is 0.769. The van der Waals surface area contributed by atoms with Gasteiger partial charge in [-0.1, -0.05) is 40.7 Å². The molecule has 19 heavy (non-hydrogen) atoms. The molecule has 2 rings (SSSR count). The van der Waals surface area contributed by atoms with E-state index in [4.69, 9.17) is 0 Å². The summed E-state index contributed by atoms with van der Waals surface area (Å²) in [7, 11) is 0. The summed E-state index contributed by atoms with van der Waals surface area (Å²) in [4.78, 5) is 12.9. The summed E-state index contributed by atoms with van der Waals surface area (Å²) >= 11 is 4.76. The van der Waals surface area contributed by atoms with Gasteiger partial charge in [0.25, 0.3) is 5.91 Å². The average Bonchev–Trinajstić information content (AvgIpc) is 3.04. The van der Waals surface area contributed by atoms with Gasteiger partial charge in [0.05, 0.1) is 5.69 Å². The number of aromatic nitrogens is 2. The van der Waals surface area contributed by atoms with E-state index in [-0.39, 0.29) is 11.8 Å². The van der Waals surface area contributed by atoms with Crippen molar-refractivity contribution in [3.05, 3.63) is 10.6 Å². The highest BCUT2D eigenvalue weighted by molar-refractivity contribution is 9.09. The first-order valence-electron chi connectivity index (χ1n) is 6.79. The van der Waals surface area contributed by atoms with E-state index in [1.807, 2.05) is 13.8 Å². The molecule has 0 spiro atoms. The Labute approximate surface area is 126 Å². The molecule has 1 aliphatic rings. The summed E-state index contributed by atoms with van der Waals surface area (Å²) in [6.07, 6.45) is 3.76. The summed E-state index contributed by atoms with van der Waals surface area (Å²) in [5.74, 6) is 1.52. The number of rotatable bonds is 5. The zero-order valence-corrected chi connectivity index (χ0v) is 13.8. The van der Waals surface area contributed by atoms with Gasteiger partial charge in [-0.25, -0.2) is 0 Å². The normalized spacial score (nSPS) is 22.9. The molecule has 4 nitrogen and oxygen atoms in total. The highest BCUT2D eigenvalue weighted by Gasteiger charge is 2.27. The second kappa shape index (κ2) is 6.79. The third kappa shape index (κ3) is 3.54. The number of carbonyl (C=O) groups excluding carboxylic acids is 1. The number of nitrogens with one attached hydrogen (secondary N) is 1. The zero-order valence-electron chi connectivity index (χ0n) is 11.4. The van der Waals surface area contributed by atoms with E-state index in [0.717, 1.165) is 17.6 Å². The van der Waals surface area contributed by atoms with Gasteiger partial charge in [0.2, 0.25) is 0 Å². The maximum absolute atomic E-state index is 12.2. The smallest absolute Gasteiger partial charge is 0.264 e. The molecule has 1 aromatic rings. The Kier molecular flexibility index (Phi) is 5.33. The molecule has 1 aliphatic carbocycles. The van der Waals surface area contributed by atoms with Gasteiger partial charge in [0, 0.05) is 11.9 Å². The molecule has 6 heteroatoms. The van der Waals surface area contributed by atoms with Crippen molar-refractivity contribution in [1.82, 2.24) is 14.9 Å². The molecule has 0 aliphatic heterocycles. The molecule has 1 amide bonds. The van der Waals surface area contributed by atoms with E-state index in [2.05, 4.69) is 30.8 Å². The highest BCUT2D eigenvalue weighted by Crippen LogP contribution is 2.32. The second-order valence-corrected chi connectivity index (χ2v) is 6.86. The Balaban J connectivity index is 1.92. The molecule has 1 N–H and O–H groups in total. The van der Waals surface area contributed by atoms with E-state index in [1.165, 1.54) is 30.8 Å². The van der Waals surface area contributed by atoms with Crippen LogP contribution in [0.4, 0.5) is 0 Å². The van der Waals surface area contributed by atoms with Crippen molar-refractivity contribution in [1.29, 1.82) is 0 Å². The maximum Gasteiger partial charge on any atom is 0.264 e. The van der Waals surface area contributed by atoms with Crippen molar-refractivity contribution >= 4 is 33.4 Å². The Morgan fingerprint density at radius 1 is 1.47 bits per heavy atom. The molecule has 1 aromatic heterocycles.